The molecule has 0 amide bonds. The number of alkyl halides is 1. The minimum atomic E-state index is -0.0999. The van der Waals surface area contributed by atoms with Gasteiger partial charge in [-0.3, -0.25) is 0 Å². The van der Waals surface area contributed by atoms with E-state index < -0.39 is 0 Å². The molecule has 0 bridgehead atoms. The topological polar surface area (TPSA) is 3.24 Å². The number of nitrogens with zero attached hydrogens (tertiary/aromatic N) is 1. The van der Waals surface area contributed by atoms with E-state index in [1.807, 2.05) is 19.2 Å². The molecule has 1 aliphatic carbocycles. The van der Waals surface area contributed by atoms with Crippen LogP contribution in [0.15, 0.2) is 18.2 Å². The molecule has 0 N–H and O–H groups in total. The monoisotopic (exact) mass is 327 g/mol. The Balaban J connectivity index is 2.05. The van der Waals surface area contributed by atoms with E-state index in [0.29, 0.717) is 11.4 Å². The van der Waals surface area contributed by atoms with Gasteiger partial charge in [0.05, 0.1) is 5.69 Å². The Morgan fingerprint density at radius 2 is 1.95 bits per heavy atom. The van der Waals surface area contributed by atoms with Gasteiger partial charge in [0.2, 0.25) is 0 Å². The van der Waals surface area contributed by atoms with Crippen LogP contribution in [-0.2, 0) is 5.33 Å². The third-order valence-electron chi connectivity index (χ3n) is 4.49. The average molecular weight is 328 g/mol. The molecule has 106 valence electrons. The van der Waals surface area contributed by atoms with Crippen LogP contribution in [0.3, 0.4) is 0 Å². The van der Waals surface area contributed by atoms with E-state index in [0.717, 1.165) is 17.2 Å². The van der Waals surface area contributed by atoms with Gasteiger partial charge in [-0.1, -0.05) is 35.3 Å². The van der Waals surface area contributed by atoms with Crippen molar-refractivity contribution in [3.05, 3.63) is 29.6 Å². The summed E-state index contributed by atoms with van der Waals surface area (Å²) in [5.74, 6) is 0.780. The molecule has 1 fully saturated rings. The average Bonchev–Trinajstić information content (AvgIpc) is 2.46. The SMILES string of the molecule is CCC1CCC(N(C)c2ccc(CBr)cc2F)CC1. The zero-order chi connectivity index (χ0) is 13.8. The lowest BCUT2D eigenvalue weighted by Crippen LogP contribution is -2.35. The van der Waals surface area contributed by atoms with Gasteiger partial charge < -0.3 is 4.90 Å². The van der Waals surface area contributed by atoms with Crippen LogP contribution in [0, 0.1) is 11.7 Å². The fraction of sp³-hybridized carbons (Fsp3) is 0.625. The van der Waals surface area contributed by atoms with Crippen molar-refractivity contribution in [2.75, 3.05) is 11.9 Å². The quantitative estimate of drug-likeness (QED) is 0.693. The van der Waals surface area contributed by atoms with Gasteiger partial charge in [0.15, 0.2) is 0 Å². The molecule has 0 heterocycles. The maximum atomic E-state index is 14.1. The van der Waals surface area contributed by atoms with Crippen molar-refractivity contribution >= 4 is 21.6 Å². The van der Waals surface area contributed by atoms with Crippen molar-refractivity contribution in [1.82, 2.24) is 0 Å². The summed E-state index contributed by atoms with van der Waals surface area (Å²) >= 11 is 3.36. The van der Waals surface area contributed by atoms with Crippen LogP contribution in [-0.4, -0.2) is 13.1 Å². The summed E-state index contributed by atoms with van der Waals surface area (Å²) in [4.78, 5) is 2.14. The molecule has 0 atom stereocenters. The van der Waals surface area contributed by atoms with Gasteiger partial charge in [-0.15, -0.1) is 0 Å². The van der Waals surface area contributed by atoms with Crippen molar-refractivity contribution in [1.29, 1.82) is 0 Å². The predicted octanol–water partition coefficient (Wildman–Crippen LogP) is 5.13. The number of hydrogen-bond donors (Lipinski definition) is 0. The summed E-state index contributed by atoms with van der Waals surface area (Å²) in [6.45, 7) is 2.27. The Labute approximate surface area is 124 Å². The molecule has 1 nitrogen and oxygen atoms in total. The van der Waals surface area contributed by atoms with Crippen molar-refractivity contribution < 1.29 is 4.39 Å². The zero-order valence-corrected chi connectivity index (χ0v) is 13.4. The third kappa shape index (κ3) is 3.50. The Morgan fingerprint density at radius 3 is 2.47 bits per heavy atom. The lowest BCUT2D eigenvalue weighted by molar-refractivity contribution is 0.312. The first-order chi connectivity index (χ1) is 9.15. The molecule has 0 radical (unpaired) electrons. The fourth-order valence-corrected chi connectivity index (χ4v) is 3.41. The van der Waals surface area contributed by atoms with Crippen LogP contribution in [0.5, 0.6) is 0 Å². The fourth-order valence-electron chi connectivity index (χ4n) is 3.06. The molecule has 1 aromatic carbocycles. The summed E-state index contributed by atoms with van der Waals surface area (Å²) in [5, 5.41) is 0.704. The van der Waals surface area contributed by atoms with Crippen LogP contribution in [0.25, 0.3) is 0 Å². The molecular formula is C16H23BrFN. The molecule has 1 aliphatic rings. The number of anilines is 1. The molecule has 0 saturated heterocycles. The molecule has 0 spiro atoms. The lowest BCUT2D eigenvalue weighted by atomic mass is 9.84. The third-order valence-corrected chi connectivity index (χ3v) is 5.14. The Morgan fingerprint density at radius 1 is 1.26 bits per heavy atom. The minimum absolute atomic E-state index is 0.0999. The number of benzene rings is 1. The maximum Gasteiger partial charge on any atom is 0.146 e. The molecule has 1 aromatic rings. The first-order valence-electron chi connectivity index (χ1n) is 7.23. The second-order valence-corrected chi connectivity index (χ2v) is 6.17. The van der Waals surface area contributed by atoms with E-state index in [9.17, 15) is 4.39 Å². The molecule has 2 rings (SSSR count). The summed E-state index contributed by atoms with van der Waals surface area (Å²) in [7, 11) is 2.03. The van der Waals surface area contributed by atoms with Gasteiger partial charge >= 0.3 is 0 Å². The molecule has 0 aromatic heterocycles. The van der Waals surface area contributed by atoms with Gasteiger partial charge in [-0.2, -0.15) is 0 Å². The molecule has 19 heavy (non-hydrogen) atoms. The summed E-state index contributed by atoms with van der Waals surface area (Å²) < 4.78 is 14.1. The number of halogens is 2. The van der Waals surface area contributed by atoms with Gasteiger partial charge in [0, 0.05) is 18.4 Å². The summed E-state index contributed by atoms with van der Waals surface area (Å²) in [6, 6.07) is 6.05. The summed E-state index contributed by atoms with van der Waals surface area (Å²) in [5.41, 5.74) is 1.73. The molecule has 0 aliphatic heterocycles. The van der Waals surface area contributed by atoms with E-state index in [1.165, 1.54) is 32.1 Å². The highest BCUT2D eigenvalue weighted by atomic mass is 79.9. The first kappa shape index (κ1) is 14.8. The standard InChI is InChI=1S/C16H23BrFN/c1-3-12-4-7-14(8-5-12)19(2)16-9-6-13(11-17)10-15(16)18/h6,9-10,12,14H,3-5,7-8,11H2,1-2H3. The highest BCUT2D eigenvalue weighted by molar-refractivity contribution is 9.08. The largest absolute Gasteiger partial charge is 0.369 e. The van der Waals surface area contributed by atoms with Gasteiger partial charge in [-0.25, -0.2) is 4.39 Å². The van der Waals surface area contributed by atoms with Crippen LogP contribution in [0.4, 0.5) is 10.1 Å². The van der Waals surface area contributed by atoms with Crippen molar-refractivity contribution in [3.63, 3.8) is 0 Å². The smallest absolute Gasteiger partial charge is 0.146 e. The van der Waals surface area contributed by atoms with Crippen LogP contribution < -0.4 is 4.90 Å². The molecule has 3 heteroatoms. The van der Waals surface area contributed by atoms with Crippen molar-refractivity contribution in [2.45, 2.75) is 50.4 Å². The normalized spacial score (nSPS) is 23.4. The predicted molar refractivity (Wildman–Crippen MR) is 83.5 cm³/mol. The number of hydrogen-bond acceptors (Lipinski definition) is 1. The highest BCUT2D eigenvalue weighted by Crippen LogP contribution is 2.32. The van der Waals surface area contributed by atoms with Crippen molar-refractivity contribution in [2.24, 2.45) is 5.92 Å². The van der Waals surface area contributed by atoms with E-state index in [4.69, 9.17) is 0 Å². The first-order valence-corrected chi connectivity index (χ1v) is 8.35. The van der Waals surface area contributed by atoms with E-state index in [1.54, 1.807) is 6.07 Å². The van der Waals surface area contributed by atoms with Gasteiger partial charge in [-0.05, 0) is 49.3 Å². The lowest BCUT2D eigenvalue weighted by Gasteiger charge is -2.36. The van der Waals surface area contributed by atoms with E-state index in [-0.39, 0.29) is 5.82 Å². The minimum Gasteiger partial charge on any atom is -0.369 e. The Hall–Kier alpha value is -0.570. The van der Waals surface area contributed by atoms with E-state index >= 15 is 0 Å². The maximum absolute atomic E-state index is 14.1. The Kier molecular flexibility index (Phi) is 5.26. The zero-order valence-electron chi connectivity index (χ0n) is 11.8. The summed E-state index contributed by atoms with van der Waals surface area (Å²) in [6.07, 6.45) is 6.23. The van der Waals surface area contributed by atoms with Crippen LogP contribution in [0.2, 0.25) is 0 Å². The Bertz CT molecular complexity index is 413. The molecule has 1 saturated carbocycles. The molecule has 0 unspecified atom stereocenters. The van der Waals surface area contributed by atoms with E-state index in [2.05, 4.69) is 27.8 Å². The second kappa shape index (κ2) is 6.74. The van der Waals surface area contributed by atoms with Crippen LogP contribution in [0.1, 0.15) is 44.6 Å². The van der Waals surface area contributed by atoms with Gasteiger partial charge in [0.25, 0.3) is 0 Å². The van der Waals surface area contributed by atoms with Crippen LogP contribution >= 0.6 is 15.9 Å². The second-order valence-electron chi connectivity index (χ2n) is 5.61. The number of rotatable bonds is 4. The van der Waals surface area contributed by atoms with Crippen molar-refractivity contribution in [3.8, 4) is 0 Å². The van der Waals surface area contributed by atoms with Gasteiger partial charge in [0.1, 0.15) is 5.82 Å². The highest BCUT2D eigenvalue weighted by Gasteiger charge is 2.24. The molecular weight excluding hydrogens is 305 g/mol.